The van der Waals surface area contributed by atoms with Gasteiger partial charge in [0.25, 0.3) is 0 Å². The Hall–Kier alpha value is -0.560. The maximum Gasteiger partial charge on any atom is 0.166 e. The molecule has 1 aliphatic rings. The Balaban J connectivity index is 2.10. The van der Waals surface area contributed by atoms with Crippen LogP contribution in [0.4, 0.5) is 0 Å². The molecule has 0 radical (unpaired) electrons. The largest absolute Gasteiger partial charge is 0.387 e. The molecule has 1 heterocycles. The molecule has 0 amide bonds. The predicted octanol–water partition coefficient (Wildman–Crippen LogP) is 1.53. The number of rotatable bonds is 5. The Morgan fingerprint density at radius 2 is 2.10 bits per heavy atom. The Morgan fingerprint density at radius 3 is 2.75 bits per heavy atom. The minimum Gasteiger partial charge on any atom is -0.387 e. The van der Waals surface area contributed by atoms with Crippen molar-refractivity contribution in [2.75, 3.05) is 30.3 Å². The van der Waals surface area contributed by atoms with Crippen LogP contribution in [0.5, 0.6) is 0 Å². The monoisotopic (exact) mass is 315 g/mol. The van der Waals surface area contributed by atoms with Crippen molar-refractivity contribution in [2.24, 2.45) is 0 Å². The van der Waals surface area contributed by atoms with E-state index in [1.807, 2.05) is 35.2 Å². The van der Waals surface area contributed by atoms with Crippen LogP contribution in [0.1, 0.15) is 18.6 Å². The summed E-state index contributed by atoms with van der Waals surface area (Å²) in [7, 11) is -3.10. The van der Waals surface area contributed by atoms with E-state index in [4.69, 9.17) is 0 Å². The second kappa shape index (κ2) is 6.93. The normalized spacial score (nSPS) is 22.6. The molecule has 0 saturated carbocycles. The highest BCUT2D eigenvalue weighted by Gasteiger charge is 2.33. The van der Waals surface area contributed by atoms with Gasteiger partial charge in [-0.2, -0.15) is 11.8 Å². The van der Waals surface area contributed by atoms with E-state index in [0.717, 1.165) is 11.3 Å². The highest BCUT2D eigenvalue weighted by Crippen LogP contribution is 2.24. The smallest absolute Gasteiger partial charge is 0.166 e. The molecule has 0 spiro atoms. The Bertz CT molecular complexity index is 518. The summed E-state index contributed by atoms with van der Waals surface area (Å²) in [5.74, 6) is 1.66. The Morgan fingerprint density at radius 1 is 1.40 bits per heavy atom. The van der Waals surface area contributed by atoms with Gasteiger partial charge in [-0.15, -0.1) is 0 Å². The van der Waals surface area contributed by atoms with Crippen LogP contribution in [0.15, 0.2) is 30.3 Å². The van der Waals surface area contributed by atoms with Gasteiger partial charge in [0, 0.05) is 30.3 Å². The van der Waals surface area contributed by atoms with E-state index in [-0.39, 0.29) is 5.75 Å². The maximum atomic E-state index is 12.1. The number of β-amino-alcohol motifs (C(OH)–C–C–N with tert-alkyl or cyclic N) is 1. The van der Waals surface area contributed by atoms with Crippen LogP contribution < -0.4 is 0 Å². The SMILES string of the molecule is CCS(=O)(=O)C1CSCCN1CC(O)c1ccccc1. The molecule has 1 aromatic carbocycles. The third kappa shape index (κ3) is 3.75. The minimum absolute atomic E-state index is 0.149. The van der Waals surface area contributed by atoms with Crippen molar-refractivity contribution in [2.45, 2.75) is 18.4 Å². The first-order valence-electron chi connectivity index (χ1n) is 6.81. The van der Waals surface area contributed by atoms with Crippen molar-refractivity contribution in [3.05, 3.63) is 35.9 Å². The van der Waals surface area contributed by atoms with Crippen molar-refractivity contribution in [1.29, 1.82) is 0 Å². The minimum atomic E-state index is -3.10. The molecule has 4 nitrogen and oxygen atoms in total. The van der Waals surface area contributed by atoms with Crippen LogP contribution in [0.2, 0.25) is 0 Å². The zero-order valence-electron chi connectivity index (χ0n) is 11.6. The lowest BCUT2D eigenvalue weighted by molar-refractivity contribution is 0.111. The predicted molar refractivity (Wildman–Crippen MR) is 83.5 cm³/mol. The number of nitrogens with zero attached hydrogens (tertiary/aromatic N) is 1. The van der Waals surface area contributed by atoms with E-state index in [1.165, 1.54) is 0 Å². The second-order valence-corrected chi connectivity index (χ2v) is 8.50. The first kappa shape index (κ1) is 15.8. The summed E-state index contributed by atoms with van der Waals surface area (Å²) < 4.78 is 24.3. The molecule has 20 heavy (non-hydrogen) atoms. The lowest BCUT2D eigenvalue weighted by Crippen LogP contribution is -2.49. The molecule has 0 aliphatic carbocycles. The van der Waals surface area contributed by atoms with E-state index in [1.54, 1.807) is 18.7 Å². The standard InChI is InChI=1S/C14H21NO3S2/c1-2-20(17,18)14-11-19-9-8-15(14)10-13(16)12-6-4-3-5-7-12/h3-7,13-14,16H,2,8-11H2,1H3. The van der Waals surface area contributed by atoms with E-state index in [0.29, 0.717) is 18.8 Å². The number of thioether (sulfide) groups is 1. The van der Waals surface area contributed by atoms with E-state index in [2.05, 4.69) is 0 Å². The fourth-order valence-electron chi connectivity index (χ4n) is 2.35. The molecule has 1 fully saturated rings. The molecule has 112 valence electrons. The van der Waals surface area contributed by atoms with Crippen LogP contribution in [-0.2, 0) is 9.84 Å². The van der Waals surface area contributed by atoms with E-state index < -0.39 is 21.3 Å². The van der Waals surface area contributed by atoms with Gasteiger partial charge in [0.2, 0.25) is 0 Å². The van der Waals surface area contributed by atoms with Crippen molar-refractivity contribution >= 4 is 21.6 Å². The molecule has 2 unspecified atom stereocenters. The molecule has 1 saturated heterocycles. The highest BCUT2D eigenvalue weighted by molar-refractivity contribution is 8.01. The number of aliphatic hydroxyl groups is 1. The van der Waals surface area contributed by atoms with Gasteiger partial charge in [-0.25, -0.2) is 8.42 Å². The molecule has 1 N–H and O–H groups in total. The summed E-state index contributed by atoms with van der Waals surface area (Å²) in [5.41, 5.74) is 0.832. The van der Waals surface area contributed by atoms with Crippen molar-refractivity contribution in [3.63, 3.8) is 0 Å². The van der Waals surface area contributed by atoms with Gasteiger partial charge in [0.1, 0.15) is 5.37 Å². The highest BCUT2D eigenvalue weighted by atomic mass is 32.2. The first-order valence-corrected chi connectivity index (χ1v) is 9.68. The molecule has 6 heteroatoms. The third-order valence-electron chi connectivity index (χ3n) is 3.60. The van der Waals surface area contributed by atoms with Crippen molar-refractivity contribution in [3.8, 4) is 0 Å². The molecule has 1 aromatic rings. The summed E-state index contributed by atoms with van der Waals surface area (Å²) in [4.78, 5) is 1.91. The van der Waals surface area contributed by atoms with Crippen LogP contribution in [-0.4, -0.2) is 54.1 Å². The van der Waals surface area contributed by atoms with Gasteiger partial charge in [0.05, 0.1) is 6.10 Å². The number of aliphatic hydroxyl groups excluding tert-OH is 1. The molecule has 0 bridgehead atoms. The van der Waals surface area contributed by atoms with Crippen LogP contribution in [0.3, 0.4) is 0 Å². The summed E-state index contributed by atoms with van der Waals surface area (Å²) in [5, 5.41) is 9.82. The van der Waals surface area contributed by atoms with Gasteiger partial charge in [-0.1, -0.05) is 37.3 Å². The van der Waals surface area contributed by atoms with Crippen molar-refractivity contribution in [1.82, 2.24) is 4.90 Å². The van der Waals surface area contributed by atoms with Crippen molar-refractivity contribution < 1.29 is 13.5 Å². The number of benzene rings is 1. The number of hydrogen-bond donors (Lipinski definition) is 1. The molecule has 0 aromatic heterocycles. The number of sulfone groups is 1. The fraction of sp³-hybridized carbons (Fsp3) is 0.571. The van der Waals surface area contributed by atoms with Gasteiger partial charge in [0.15, 0.2) is 9.84 Å². The Kier molecular flexibility index (Phi) is 5.49. The number of hydrogen-bond acceptors (Lipinski definition) is 5. The zero-order valence-corrected chi connectivity index (χ0v) is 13.2. The molecule has 1 aliphatic heterocycles. The summed E-state index contributed by atoms with van der Waals surface area (Å²) in [6, 6.07) is 9.40. The quantitative estimate of drug-likeness (QED) is 0.893. The lowest BCUT2D eigenvalue weighted by Gasteiger charge is -2.35. The van der Waals surface area contributed by atoms with E-state index in [9.17, 15) is 13.5 Å². The summed E-state index contributed by atoms with van der Waals surface area (Å²) in [6.45, 7) is 2.76. The fourth-order valence-corrected chi connectivity index (χ4v) is 5.44. The lowest BCUT2D eigenvalue weighted by atomic mass is 10.1. The van der Waals surface area contributed by atoms with Gasteiger partial charge >= 0.3 is 0 Å². The van der Waals surface area contributed by atoms with Gasteiger partial charge < -0.3 is 5.11 Å². The zero-order chi connectivity index (χ0) is 14.6. The average molecular weight is 315 g/mol. The van der Waals surface area contributed by atoms with Crippen LogP contribution >= 0.6 is 11.8 Å². The molecule has 2 rings (SSSR count). The summed E-state index contributed by atoms with van der Waals surface area (Å²) in [6.07, 6.45) is -0.645. The summed E-state index contributed by atoms with van der Waals surface area (Å²) >= 11 is 1.67. The second-order valence-electron chi connectivity index (χ2n) is 4.90. The topological polar surface area (TPSA) is 57.6 Å². The van der Waals surface area contributed by atoms with E-state index >= 15 is 0 Å². The van der Waals surface area contributed by atoms with Gasteiger partial charge in [-0.3, -0.25) is 4.90 Å². The molecular weight excluding hydrogens is 294 g/mol. The van der Waals surface area contributed by atoms with Crippen LogP contribution in [0.25, 0.3) is 0 Å². The average Bonchev–Trinajstić information content (AvgIpc) is 2.48. The Labute approximate surface area is 125 Å². The molecular formula is C14H21NO3S2. The van der Waals surface area contributed by atoms with Gasteiger partial charge in [-0.05, 0) is 5.56 Å². The van der Waals surface area contributed by atoms with Crippen LogP contribution in [0, 0.1) is 0 Å². The third-order valence-corrected chi connectivity index (χ3v) is 6.93. The maximum absolute atomic E-state index is 12.1. The molecule has 2 atom stereocenters. The first-order chi connectivity index (χ1) is 9.54.